The van der Waals surface area contributed by atoms with E-state index >= 15 is 0 Å². The second kappa shape index (κ2) is 9.74. The van der Waals surface area contributed by atoms with Gasteiger partial charge >= 0.3 is 5.97 Å². The summed E-state index contributed by atoms with van der Waals surface area (Å²) in [6, 6.07) is 17.6. The minimum Gasteiger partial charge on any atom is -0.489 e. The Hall–Kier alpha value is -3.08. The molecule has 1 aliphatic rings. The number of rotatable bonds is 6. The Morgan fingerprint density at radius 3 is 2.36 bits per heavy atom. The van der Waals surface area contributed by atoms with Crippen LogP contribution in [0.25, 0.3) is 6.08 Å². The second-order valence-electron chi connectivity index (χ2n) is 6.80. The van der Waals surface area contributed by atoms with Crippen LogP contribution in [0.15, 0.2) is 60.7 Å². The summed E-state index contributed by atoms with van der Waals surface area (Å²) in [5, 5.41) is 0. The Morgan fingerprint density at radius 1 is 1.04 bits per heavy atom. The molecule has 1 heterocycles. The molecule has 0 aromatic heterocycles. The lowest BCUT2D eigenvalue weighted by molar-refractivity contribution is -0.148. The molecule has 146 valence electrons. The lowest BCUT2D eigenvalue weighted by Gasteiger charge is -2.29. The molecule has 3 rings (SSSR count). The van der Waals surface area contributed by atoms with Crippen molar-refractivity contribution in [2.24, 2.45) is 5.92 Å². The zero-order chi connectivity index (χ0) is 19.8. The van der Waals surface area contributed by atoms with Gasteiger partial charge in [-0.2, -0.15) is 0 Å². The number of piperidine rings is 1. The first-order valence-corrected chi connectivity index (χ1v) is 9.47. The summed E-state index contributed by atoms with van der Waals surface area (Å²) in [6.45, 7) is 1.68. The lowest BCUT2D eigenvalue weighted by Crippen LogP contribution is -2.39. The SMILES string of the molecule is COC(=O)C1CCN(C(=O)/C=C/c2ccc(OCc3ccccc3)cc2)CC1. The highest BCUT2D eigenvalue weighted by atomic mass is 16.5. The van der Waals surface area contributed by atoms with Crippen molar-refractivity contribution in [3.63, 3.8) is 0 Å². The normalized spacial score (nSPS) is 14.8. The lowest BCUT2D eigenvalue weighted by atomic mass is 9.97. The van der Waals surface area contributed by atoms with Crippen molar-refractivity contribution in [3.05, 3.63) is 71.8 Å². The number of benzene rings is 2. The molecule has 2 aromatic rings. The van der Waals surface area contributed by atoms with Crippen molar-refractivity contribution >= 4 is 18.0 Å². The maximum absolute atomic E-state index is 12.3. The van der Waals surface area contributed by atoms with Gasteiger partial charge in [0, 0.05) is 19.2 Å². The monoisotopic (exact) mass is 379 g/mol. The maximum Gasteiger partial charge on any atom is 0.308 e. The summed E-state index contributed by atoms with van der Waals surface area (Å²) in [7, 11) is 1.40. The van der Waals surface area contributed by atoms with Crippen molar-refractivity contribution < 1.29 is 19.1 Å². The van der Waals surface area contributed by atoms with Gasteiger partial charge in [-0.15, -0.1) is 0 Å². The third kappa shape index (κ3) is 5.46. The average Bonchev–Trinajstić information content (AvgIpc) is 2.77. The molecule has 0 spiro atoms. The van der Waals surface area contributed by atoms with Crippen LogP contribution in [0.3, 0.4) is 0 Å². The Morgan fingerprint density at radius 2 is 1.71 bits per heavy atom. The number of carbonyl (C=O) groups excluding carboxylic acids is 2. The molecule has 1 amide bonds. The van der Waals surface area contributed by atoms with E-state index in [0.29, 0.717) is 32.5 Å². The van der Waals surface area contributed by atoms with Crippen molar-refractivity contribution in [2.75, 3.05) is 20.2 Å². The molecule has 5 heteroatoms. The van der Waals surface area contributed by atoms with E-state index in [1.165, 1.54) is 7.11 Å². The summed E-state index contributed by atoms with van der Waals surface area (Å²) in [6.07, 6.45) is 4.69. The summed E-state index contributed by atoms with van der Waals surface area (Å²) >= 11 is 0. The topological polar surface area (TPSA) is 55.8 Å². The van der Waals surface area contributed by atoms with Gasteiger partial charge in [-0.3, -0.25) is 9.59 Å². The largest absolute Gasteiger partial charge is 0.489 e. The summed E-state index contributed by atoms with van der Waals surface area (Å²) in [5.74, 6) is 0.476. The zero-order valence-corrected chi connectivity index (χ0v) is 16.0. The van der Waals surface area contributed by atoms with Crippen molar-refractivity contribution in [3.8, 4) is 5.75 Å². The molecular weight excluding hydrogens is 354 g/mol. The van der Waals surface area contributed by atoms with Gasteiger partial charge in [0.1, 0.15) is 12.4 Å². The molecule has 1 aliphatic heterocycles. The first-order chi connectivity index (χ1) is 13.7. The molecule has 0 radical (unpaired) electrons. The fourth-order valence-electron chi connectivity index (χ4n) is 3.19. The van der Waals surface area contributed by atoms with E-state index in [4.69, 9.17) is 9.47 Å². The molecule has 1 saturated heterocycles. The molecule has 1 fully saturated rings. The Kier molecular flexibility index (Phi) is 6.84. The standard InChI is InChI=1S/C23H25NO4/c1-27-23(26)20-13-15-24(16-14-20)22(25)12-9-18-7-10-21(11-8-18)28-17-19-5-3-2-4-6-19/h2-12,20H,13-17H2,1H3/b12-9+. The van der Waals surface area contributed by atoms with Crippen LogP contribution in [0.4, 0.5) is 0 Å². The minimum atomic E-state index is -0.183. The maximum atomic E-state index is 12.3. The average molecular weight is 379 g/mol. The number of hydrogen-bond acceptors (Lipinski definition) is 4. The molecule has 5 nitrogen and oxygen atoms in total. The summed E-state index contributed by atoms with van der Waals surface area (Å²) in [5.41, 5.74) is 2.05. The van der Waals surface area contributed by atoms with Gasteiger partial charge in [0.15, 0.2) is 0 Å². The number of likely N-dealkylation sites (tertiary alicyclic amines) is 1. The van der Waals surface area contributed by atoms with E-state index < -0.39 is 0 Å². The van der Waals surface area contributed by atoms with E-state index in [9.17, 15) is 9.59 Å². The number of hydrogen-bond donors (Lipinski definition) is 0. The van der Waals surface area contributed by atoms with E-state index in [0.717, 1.165) is 16.9 Å². The van der Waals surface area contributed by atoms with Gasteiger partial charge in [0.05, 0.1) is 13.0 Å². The number of ether oxygens (including phenoxy) is 2. The highest BCUT2D eigenvalue weighted by molar-refractivity contribution is 5.92. The van der Waals surface area contributed by atoms with Crippen molar-refractivity contribution in [1.82, 2.24) is 4.90 Å². The number of amides is 1. The van der Waals surface area contributed by atoms with Gasteiger partial charge in [-0.05, 0) is 42.2 Å². The zero-order valence-electron chi connectivity index (χ0n) is 16.0. The molecule has 0 N–H and O–H groups in total. The highest BCUT2D eigenvalue weighted by Gasteiger charge is 2.26. The number of carbonyl (C=O) groups is 2. The van der Waals surface area contributed by atoms with E-state index in [2.05, 4.69) is 0 Å². The third-order valence-corrected chi connectivity index (χ3v) is 4.89. The minimum absolute atomic E-state index is 0.0345. The number of nitrogens with zero attached hydrogens (tertiary/aromatic N) is 1. The van der Waals surface area contributed by atoms with Gasteiger partial charge < -0.3 is 14.4 Å². The number of esters is 1. The van der Waals surface area contributed by atoms with Crippen LogP contribution in [0.2, 0.25) is 0 Å². The van der Waals surface area contributed by atoms with Crippen LogP contribution in [0.5, 0.6) is 5.75 Å². The summed E-state index contributed by atoms with van der Waals surface area (Å²) in [4.78, 5) is 25.7. The quantitative estimate of drug-likeness (QED) is 0.567. The van der Waals surface area contributed by atoms with Crippen molar-refractivity contribution in [2.45, 2.75) is 19.4 Å². The fraction of sp³-hybridized carbons (Fsp3) is 0.304. The molecule has 0 unspecified atom stereocenters. The molecule has 0 bridgehead atoms. The smallest absolute Gasteiger partial charge is 0.308 e. The van der Waals surface area contributed by atoms with Crippen LogP contribution in [0.1, 0.15) is 24.0 Å². The van der Waals surface area contributed by atoms with E-state index in [1.54, 1.807) is 17.1 Å². The molecule has 28 heavy (non-hydrogen) atoms. The molecule has 0 atom stereocenters. The highest BCUT2D eigenvalue weighted by Crippen LogP contribution is 2.19. The van der Waals surface area contributed by atoms with Gasteiger partial charge in [0.2, 0.25) is 5.91 Å². The Balaban J connectivity index is 1.47. The van der Waals surface area contributed by atoms with Crippen LogP contribution in [-0.2, 0) is 20.9 Å². The first kappa shape index (κ1) is 19.7. The van der Waals surface area contributed by atoms with Crippen molar-refractivity contribution in [1.29, 1.82) is 0 Å². The fourth-order valence-corrected chi connectivity index (χ4v) is 3.19. The number of methoxy groups -OCH3 is 1. The van der Waals surface area contributed by atoms with Crippen LogP contribution >= 0.6 is 0 Å². The molecule has 0 saturated carbocycles. The summed E-state index contributed by atoms with van der Waals surface area (Å²) < 4.78 is 10.5. The first-order valence-electron chi connectivity index (χ1n) is 9.47. The second-order valence-corrected chi connectivity index (χ2v) is 6.80. The van der Waals surface area contributed by atoms with Gasteiger partial charge in [0.25, 0.3) is 0 Å². The van der Waals surface area contributed by atoms with Gasteiger partial charge in [-0.25, -0.2) is 0 Å². The predicted molar refractivity (Wildman–Crippen MR) is 108 cm³/mol. The van der Waals surface area contributed by atoms with Gasteiger partial charge in [-0.1, -0.05) is 42.5 Å². The van der Waals surface area contributed by atoms with Crippen LogP contribution in [-0.4, -0.2) is 37.0 Å². The third-order valence-electron chi connectivity index (χ3n) is 4.89. The van der Waals surface area contributed by atoms with E-state index in [-0.39, 0.29) is 17.8 Å². The van der Waals surface area contributed by atoms with Crippen LogP contribution in [0, 0.1) is 5.92 Å². The predicted octanol–water partition coefficient (Wildman–Crippen LogP) is 3.69. The van der Waals surface area contributed by atoms with Crippen LogP contribution < -0.4 is 4.74 Å². The molecular formula is C23H25NO4. The molecule has 0 aliphatic carbocycles. The van der Waals surface area contributed by atoms with E-state index in [1.807, 2.05) is 54.6 Å². The molecule has 2 aromatic carbocycles. The Labute approximate surface area is 165 Å². The Bertz CT molecular complexity index is 806.